The molecule has 0 spiro atoms. The minimum atomic E-state index is -2.85. The summed E-state index contributed by atoms with van der Waals surface area (Å²) in [6, 6.07) is 0. The van der Waals surface area contributed by atoms with Gasteiger partial charge in [0.15, 0.2) is 15.0 Å². The van der Waals surface area contributed by atoms with E-state index in [0.29, 0.717) is 23.0 Å². The maximum Gasteiger partial charge on any atom is 0.156 e. The van der Waals surface area contributed by atoms with Gasteiger partial charge >= 0.3 is 0 Å². The fourth-order valence-electron chi connectivity index (χ4n) is 2.59. The van der Waals surface area contributed by atoms with E-state index < -0.39 is 9.84 Å². The molecule has 2 aliphatic heterocycles. The van der Waals surface area contributed by atoms with Crippen molar-refractivity contribution in [2.75, 3.05) is 18.8 Å². The number of sulfone groups is 1. The molecule has 2 atom stereocenters. The number of hydrogen-bond acceptors (Lipinski definition) is 5. The summed E-state index contributed by atoms with van der Waals surface area (Å²) in [7, 11) is -2.85. The Balaban J connectivity index is 1.77. The van der Waals surface area contributed by atoms with Crippen LogP contribution in [0, 0.1) is 5.41 Å². The molecule has 19 heavy (non-hydrogen) atoms. The van der Waals surface area contributed by atoms with Crippen molar-refractivity contribution in [3.05, 3.63) is 0 Å². The highest BCUT2D eigenvalue weighted by atomic mass is 32.2. The molecule has 0 aliphatic carbocycles. The highest BCUT2D eigenvalue weighted by molar-refractivity contribution is 8.14. The zero-order valence-corrected chi connectivity index (χ0v) is 13.6. The van der Waals surface area contributed by atoms with Gasteiger partial charge in [-0.05, 0) is 24.7 Å². The third kappa shape index (κ3) is 4.38. The number of hydrogen-bond donors (Lipinski definition) is 1. The first-order valence-electron chi connectivity index (χ1n) is 6.93. The summed E-state index contributed by atoms with van der Waals surface area (Å²) in [5.74, 6) is 0.353. The van der Waals surface area contributed by atoms with Gasteiger partial charge in [-0.2, -0.15) is 0 Å². The molecule has 2 unspecified atom stereocenters. The van der Waals surface area contributed by atoms with Crippen LogP contribution in [0.15, 0.2) is 4.99 Å². The van der Waals surface area contributed by atoms with E-state index in [1.165, 1.54) is 0 Å². The lowest BCUT2D eigenvalue weighted by Gasteiger charge is -2.21. The standard InChI is InChI=1S/C13H24N2O2S2/c1-13(2,3)7-10-8-14-12(18-10)15-9-11-5-4-6-19(11,16)17/h10-11H,4-9H2,1-3H3,(H,14,15). The van der Waals surface area contributed by atoms with Gasteiger partial charge in [0.05, 0.1) is 17.5 Å². The summed E-state index contributed by atoms with van der Waals surface area (Å²) in [6.07, 6.45) is 2.73. The van der Waals surface area contributed by atoms with Crippen LogP contribution in [-0.4, -0.2) is 42.9 Å². The zero-order valence-electron chi connectivity index (χ0n) is 12.0. The molecule has 0 radical (unpaired) electrons. The lowest BCUT2D eigenvalue weighted by molar-refractivity contribution is 0.375. The summed E-state index contributed by atoms with van der Waals surface area (Å²) in [5.41, 5.74) is 0.317. The van der Waals surface area contributed by atoms with E-state index in [1.54, 1.807) is 11.8 Å². The molecule has 1 fully saturated rings. The molecule has 0 saturated carbocycles. The average Bonchev–Trinajstić information content (AvgIpc) is 2.80. The number of amidine groups is 1. The topological polar surface area (TPSA) is 58.5 Å². The van der Waals surface area contributed by atoms with Crippen molar-refractivity contribution in [1.29, 1.82) is 0 Å². The Morgan fingerprint density at radius 2 is 2.16 bits per heavy atom. The van der Waals surface area contributed by atoms with Crippen LogP contribution in [0.2, 0.25) is 0 Å². The third-order valence-corrected chi connectivity index (χ3v) is 6.92. The number of nitrogens with one attached hydrogen (secondary N) is 1. The van der Waals surface area contributed by atoms with Gasteiger partial charge in [0.1, 0.15) is 0 Å². The summed E-state index contributed by atoms with van der Waals surface area (Å²) >= 11 is 1.77. The third-order valence-electron chi connectivity index (χ3n) is 3.50. The molecule has 0 aromatic rings. The highest BCUT2D eigenvalue weighted by Gasteiger charge is 2.32. The predicted molar refractivity (Wildman–Crippen MR) is 82.6 cm³/mol. The van der Waals surface area contributed by atoms with Gasteiger partial charge in [0.25, 0.3) is 0 Å². The normalized spacial score (nSPS) is 30.4. The Morgan fingerprint density at radius 3 is 2.74 bits per heavy atom. The summed E-state index contributed by atoms with van der Waals surface area (Å²) < 4.78 is 23.5. The maximum absolute atomic E-state index is 11.7. The van der Waals surface area contributed by atoms with Gasteiger partial charge in [0.2, 0.25) is 0 Å². The molecule has 0 aromatic carbocycles. The highest BCUT2D eigenvalue weighted by Crippen LogP contribution is 2.31. The van der Waals surface area contributed by atoms with E-state index in [0.717, 1.165) is 31.0 Å². The fourth-order valence-corrected chi connectivity index (χ4v) is 5.72. The van der Waals surface area contributed by atoms with Crippen molar-refractivity contribution in [3.63, 3.8) is 0 Å². The molecule has 0 amide bonds. The first-order valence-corrected chi connectivity index (χ1v) is 9.52. The Labute approximate surface area is 120 Å². The van der Waals surface area contributed by atoms with Crippen molar-refractivity contribution in [3.8, 4) is 0 Å². The number of nitrogens with zero attached hydrogens (tertiary/aromatic N) is 1. The second kappa shape index (κ2) is 5.64. The van der Waals surface area contributed by atoms with E-state index in [4.69, 9.17) is 0 Å². The largest absolute Gasteiger partial charge is 0.364 e. The Morgan fingerprint density at radius 1 is 1.42 bits per heavy atom. The van der Waals surface area contributed by atoms with Crippen LogP contribution in [0.5, 0.6) is 0 Å². The lowest BCUT2D eigenvalue weighted by Crippen LogP contribution is -2.33. The molecule has 2 heterocycles. The summed E-state index contributed by atoms with van der Waals surface area (Å²) in [6.45, 7) is 8.09. The number of aliphatic imine (C=N–C) groups is 1. The molecule has 1 N–H and O–H groups in total. The van der Waals surface area contributed by atoms with Crippen molar-refractivity contribution in [2.45, 2.75) is 50.5 Å². The van der Waals surface area contributed by atoms with E-state index in [-0.39, 0.29) is 5.25 Å². The van der Waals surface area contributed by atoms with Crippen LogP contribution < -0.4 is 5.32 Å². The first kappa shape index (κ1) is 15.2. The molecule has 1 saturated heterocycles. The van der Waals surface area contributed by atoms with Crippen molar-refractivity contribution in [1.82, 2.24) is 5.32 Å². The second-order valence-electron chi connectivity index (χ2n) is 6.66. The summed E-state index contributed by atoms with van der Waals surface area (Å²) in [4.78, 5) is 4.48. The van der Waals surface area contributed by atoms with Gasteiger partial charge < -0.3 is 5.32 Å². The fraction of sp³-hybridized carbons (Fsp3) is 0.923. The van der Waals surface area contributed by atoms with Gasteiger partial charge in [0, 0.05) is 11.8 Å². The molecule has 2 aliphatic rings. The molecular formula is C13H24N2O2S2. The van der Waals surface area contributed by atoms with Gasteiger partial charge in [-0.25, -0.2) is 8.42 Å². The Bertz CT molecular complexity index is 452. The number of rotatable bonds is 3. The number of thioether (sulfide) groups is 1. The van der Waals surface area contributed by atoms with Gasteiger partial charge in [-0.3, -0.25) is 4.99 Å². The molecule has 6 heteroatoms. The van der Waals surface area contributed by atoms with Crippen LogP contribution in [0.1, 0.15) is 40.0 Å². The second-order valence-corrected chi connectivity index (χ2v) is 10.4. The van der Waals surface area contributed by atoms with E-state index in [1.807, 2.05) is 0 Å². The Kier molecular flexibility index (Phi) is 4.50. The smallest absolute Gasteiger partial charge is 0.156 e. The van der Waals surface area contributed by atoms with Crippen LogP contribution >= 0.6 is 11.8 Å². The predicted octanol–water partition coefficient (Wildman–Crippen LogP) is 2.06. The van der Waals surface area contributed by atoms with E-state index >= 15 is 0 Å². The van der Waals surface area contributed by atoms with Crippen molar-refractivity contribution in [2.24, 2.45) is 10.4 Å². The van der Waals surface area contributed by atoms with E-state index in [2.05, 4.69) is 31.1 Å². The minimum absolute atomic E-state index is 0.211. The van der Waals surface area contributed by atoms with Crippen LogP contribution in [0.25, 0.3) is 0 Å². The van der Waals surface area contributed by atoms with Crippen molar-refractivity contribution < 1.29 is 8.42 Å². The average molecular weight is 304 g/mol. The van der Waals surface area contributed by atoms with Crippen LogP contribution in [0.4, 0.5) is 0 Å². The molecule has 4 nitrogen and oxygen atoms in total. The maximum atomic E-state index is 11.7. The first-order chi connectivity index (χ1) is 8.76. The van der Waals surface area contributed by atoms with Crippen LogP contribution in [0.3, 0.4) is 0 Å². The minimum Gasteiger partial charge on any atom is -0.364 e. The zero-order chi connectivity index (χ0) is 14.1. The van der Waals surface area contributed by atoms with Gasteiger partial charge in [-0.1, -0.05) is 32.5 Å². The summed E-state index contributed by atoms with van der Waals surface area (Å²) in [5, 5.41) is 4.48. The molecule has 2 rings (SSSR count). The van der Waals surface area contributed by atoms with Crippen LogP contribution in [-0.2, 0) is 9.84 Å². The molecule has 0 bridgehead atoms. The lowest BCUT2D eigenvalue weighted by atomic mass is 9.90. The van der Waals surface area contributed by atoms with E-state index in [9.17, 15) is 8.42 Å². The quantitative estimate of drug-likeness (QED) is 0.867. The Hall–Kier alpha value is -0.230. The molecule has 0 aromatic heterocycles. The SMILES string of the molecule is CC(C)(C)CC1CN=C(NCC2CCCS2(=O)=O)S1. The molecule has 110 valence electrons. The van der Waals surface area contributed by atoms with Gasteiger partial charge in [-0.15, -0.1) is 0 Å². The van der Waals surface area contributed by atoms with Crippen molar-refractivity contribution >= 4 is 26.8 Å². The molecular weight excluding hydrogens is 280 g/mol. The monoisotopic (exact) mass is 304 g/mol.